The van der Waals surface area contributed by atoms with E-state index in [2.05, 4.69) is 35.7 Å². The van der Waals surface area contributed by atoms with Gasteiger partial charge in [-0.3, -0.25) is 9.59 Å². The number of benzene rings is 1. The van der Waals surface area contributed by atoms with E-state index < -0.39 is 18.4 Å². The van der Waals surface area contributed by atoms with Crippen molar-refractivity contribution in [1.29, 1.82) is 0 Å². The standard InChI is InChI=1S/C22H25F3N2O2S/c23-22(24,25)20(28)8-4-15-1-5-17-6-3-16(13-18(17)7-2-15)9-11-27-12-10-19(26-30)14-21(27)29/h3,6,10,12-15,26,30H,1-2,4-5,7-9,11H2. The van der Waals surface area contributed by atoms with Crippen LogP contribution in [0, 0.1) is 5.92 Å². The summed E-state index contributed by atoms with van der Waals surface area (Å²) in [7, 11) is 0. The van der Waals surface area contributed by atoms with Crippen LogP contribution in [0.1, 0.15) is 42.4 Å². The number of rotatable bonds is 7. The van der Waals surface area contributed by atoms with E-state index in [4.69, 9.17) is 0 Å². The molecular formula is C22H25F3N2O2S. The second-order valence-corrected chi connectivity index (χ2v) is 8.04. The fourth-order valence-corrected chi connectivity index (χ4v) is 4.09. The average molecular weight is 439 g/mol. The quantitative estimate of drug-likeness (QED) is 0.484. The summed E-state index contributed by atoms with van der Waals surface area (Å²) in [5.41, 5.74) is 4.13. The molecule has 1 heterocycles. The van der Waals surface area contributed by atoms with Crippen molar-refractivity contribution in [1.82, 2.24) is 4.57 Å². The first-order valence-corrected chi connectivity index (χ1v) is 10.5. The molecule has 1 aromatic heterocycles. The molecule has 0 fully saturated rings. The van der Waals surface area contributed by atoms with Crippen LogP contribution in [-0.4, -0.2) is 16.5 Å². The average Bonchev–Trinajstić information content (AvgIpc) is 2.92. The number of anilines is 1. The molecule has 0 amide bonds. The normalized spacial score (nSPS) is 16.6. The van der Waals surface area contributed by atoms with Gasteiger partial charge < -0.3 is 9.29 Å². The molecule has 0 saturated carbocycles. The zero-order valence-electron chi connectivity index (χ0n) is 16.5. The summed E-state index contributed by atoms with van der Waals surface area (Å²) in [5, 5.41) is 0. The van der Waals surface area contributed by atoms with Crippen molar-refractivity contribution in [3.8, 4) is 0 Å². The third-order valence-electron chi connectivity index (χ3n) is 5.78. The lowest BCUT2D eigenvalue weighted by atomic mass is 9.93. The Kier molecular flexibility index (Phi) is 7.28. The van der Waals surface area contributed by atoms with Gasteiger partial charge in [0.2, 0.25) is 5.78 Å². The van der Waals surface area contributed by atoms with Crippen molar-refractivity contribution < 1.29 is 18.0 Å². The Labute approximate surface area is 179 Å². The van der Waals surface area contributed by atoms with Gasteiger partial charge in [-0.2, -0.15) is 13.2 Å². The van der Waals surface area contributed by atoms with E-state index in [1.807, 2.05) is 0 Å². The van der Waals surface area contributed by atoms with Gasteiger partial charge in [-0.25, -0.2) is 0 Å². The molecule has 3 rings (SSSR count). The third-order valence-corrected chi connectivity index (χ3v) is 6.04. The molecular weight excluding hydrogens is 413 g/mol. The van der Waals surface area contributed by atoms with E-state index >= 15 is 0 Å². The van der Waals surface area contributed by atoms with Crippen LogP contribution in [-0.2, 0) is 30.6 Å². The predicted octanol–water partition coefficient (Wildman–Crippen LogP) is 4.75. The number of aromatic nitrogens is 1. The Balaban J connectivity index is 1.58. The topological polar surface area (TPSA) is 51.1 Å². The number of alkyl halides is 3. The highest BCUT2D eigenvalue weighted by Gasteiger charge is 2.37. The van der Waals surface area contributed by atoms with Crippen LogP contribution in [0.25, 0.3) is 0 Å². The van der Waals surface area contributed by atoms with Gasteiger partial charge in [-0.05, 0) is 67.2 Å². The number of nitrogens with zero attached hydrogens (tertiary/aromatic N) is 1. The van der Waals surface area contributed by atoms with Crippen LogP contribution < -0.4 is 10.3 Å². The van der Waals surface area contributed by atoms with Crippen molar-refractivity contribution in [3.63, 3.8) is 0 Å². The number of hydrogen-bond acceptors (Lipinski definition) is 4. The van der Waals surface area contributed by atoms with Gasteiger partial charge in [0.15, 0.2) is 0 Å². The number of halogens is 3. The fraction of sp³-hybridized carbons (Fsp3) is 0.455. The number of ketones is 1. The molecule has 1 unspecified atom stereocenters. The van der Waals surface area contributed by atoms with Gasteiger partial charge in [0.25, 0.3) is 5.56 Å². The van der Waals surface area contributed by atoms with Crippen molar-refractivity contribution in [2.75, 3.05) is 4.72 Å². The number of carbonyl (C=O) groups is 1. The summed E-state index contributed by atoms with van der Waals surface area (Å²) >= 11 is 3.93. The van der Waals surface area contributed by atoms with E-state index in [1.165, 1.54) is 17.2 Å². The molecule has 0 aliphatic heterocycles. The number of aryl methyl sites for hydroxylation is 4. The molecule has 162 valence electrons. The van der Waals surface area contributed by atoms with Gasteiger partial charge in [0, 0.05) is 25.2 Å². The number of pyridine rings is 1. The predicted molar refractivity (Wildman–Crippen MR) is 114 cm³/mol. The first-order valence-electron chi connectivity index (χ1n) is 10.1. The second kappa shape index (κ2) is 9.73. The molecule has 0 radical (unpaired) electrons. The molecule has 1 atom stereocenters. The third kappa shape index (κ3) is 5.90. The molecule has 1 aromatic carbocycles. The number of nitrogens with one attached hydrogen (secondary N) is 1. The molecule has 0 saturated heterocycles. The molecule has 1 N–H and O–H groups in total. The van der Waals surface area contributed by atoms with Gasteiger partial charge in [0.05, 0.1) is 5.69 Å². The summed E-state index contributed by atoms with van der Waals surface area (Å²) in [5.74, 6) is -1.50. The Morgan fingerprint density at radius 2 is 1.87 bits per heavy atom. The van der Waals surface area contributed by atoms with Crippen molar-refractivity contribution >= 4 is 24.3 Å². The first kappa shape index (κ1) is 22.5. The highest BCUT2D eigenvalue weighted by atomic mass is 32.1. The minimum Gasteiger partial charge on any atom is -0.332 e. The zero-order chi connectivity index (χ0) is 21.7. The number of Topliss-reactive ketones (excluding diaryl/α,β-unsaturated/α-hetero) is 1. The molecule has 4 nitrogen and oxygen atoms in total. The number of carbonyl (C=O) groups excluding carboxylic acids is 1. The van der Waals surface area contributed by atoms with Crippen molar-refractivity contribution in [2.45, 2.75) is 57.7 Å². The molecule has 2 aromatic rings. The van der Waals surface area contributed by atoms with E-state index in [9.17, 15) is 22.8 Å². The Morgan fingerprint density at radius 1 is 1.13 bits per heavy atom. The highest BCUT2D eigenvalue weighted by Crippen LogP contribution is 2.30. The zero-order valence-corrected chi connectivity index (χ0v) is 17.4. The van der Waals surface area contributed by atoms with Crippen LogP contribution in [0.4, 0.5) is 18.9 Å². The van der Waals surface area contributed by atoms with Crippen molar-refractivity contribution in [2.24, 2.45) is 5.92 Å². The van der Waals surface area contributed by atoms with E-state index in [1.54, 1.807) is 16.8 Å². The maximum Gasteiger partial charge on any atom is 0.449 e. The largest absolute Gasteiger partial charge is 0.449 e. The lowest BCUT2D eigenvalue weighted by Gasteiger charge is -2.13. The summed E-state index contributed by atoms with van der Waals surface area (Å²) < 4.78 is 41.6. The summed E-state index contributed by atoms with van der Waals surface area (Å²) in [4.78, 5) is 23.2. The minimum absolute atomic E-state index is 0.0972. The van der Waals surface area contributed by atoms with Crippen LogP contribution in [0.5, 0.6) is 0 Å². The molecule has 1 aliphatic rings. The lowest BCUT2D eigenvalue weighted by Crippen LogP contribution is -2.23. The monoisotopic (exact) mass is 438 g/mol. The fourth-order valence-electron chi connectivity index (χ4n) is 3.95. The summed E-state index contributed by atoms with van der Waals surface area (Å²) in [6, 6.07) is 9.57. The molecule has 0 spiro atoms. The van der Waals surface area contributed by atoms with Crippen LogP contribution in [0.3, 0.4) is 0 Å². The van der Waals surface area contributed by atoms with Gasteiger partial charge in [-0.1, -0.05) is 31.0 Å². The van der Waals surface area contributed by atoms with Crippen molar-refractivity contribution in [3.05, 3.63) is 63.6 Å². The lowest BCUT2D eigenvalue weighted by molar-refractivity contribution is -0.171. The first-order chi connectivity index (χ1) is 14.3. The molecule has 8 heteroatoms. The van der Waals surface area contributed by atoms with E-state index in [0.29, 0.717) is 25.1 Å². The Bertz CT molecular complexity index is 956. The van der Waals surface area contributed by atoms with Gasteiger partial charge in [-0.15, -0.1) is 0 Å². The SMILES string of the molecule is O=C(CCC1CCc2ccc(CCn3ccc(NS)cc3=O)cc2CC1)C(F)(F)F. The maximum atomic E-state index is 12.4. The van der Waals surface area contributed by atoms with Gasteiger partial charge in [0.1, 0.15) is 0 Å². The molecule has 0 bridgehead atoms. The highest BCUT2D eigenvalue weighted by molar-refractivity contribution is 7.81. The number of thiol groups is 1. The maximum absolute atomic E-state index is 12.4. The van der Waals surface area contributed by atoms with Gasteiger partial charge >= 0.3 is 6.18 Å². The smallest absolute Gasteiger partial charge is 0.332 e. The molecule has 30 heavy (non-hydrogen) atoms. The number of fused-ring (bicyclic) bond motifs is 1. The Morgan fingerprint density at radius 3 is 2.53 bits per heavy atom. The summed E-state index contributed by atoms with van der Waals surface area (Å²) in [6.07, 6.45) is 0.799. The number of hydrogen-bond donors (Lipinski definition) is 2. The van der Waals surface area contributed by atoms with Crippen LogP contribution in [0.15, 0.2) is 41.3 Å². The van der Waals surface area contributed by atoms with E-state index in [0.717, 1.165) is 31.2 Å². The van der Waals surface area contributed by atoms with Crippen LogP contribution in [0.2, 0.25) is 0 Å². The summed E-state index contributed by atoms with van der Waals surface area (Å²) in [6.45, 7) is 0.562. The van der Waals surface area contributed by atoms with E-state index in [-0.39, 0.29) is 11.5 Å². The second-order valence-electron chi connectivity index (χ2n) is 7.81. The molecule has 1 aliphatic carbocycles. The minimum atomic E-state index is -4.73. The van der Waals surface area contributed by atoms with Crippen LogP contribution >= 0.6 is 12.8 Å². The Hall–Kier alpha value is -2.22.